The molecule has 3 heterocycles. The second-order valence-electron chi connectivity index (χ2n) is 9.29. The van der Waals surface area contributed by atoms with Crippen LogP contribution in [-0.2, 0) is 19.8 Å². The van der Waals surface area contributed by atoms with E-state index in [1.165, 1.54) is 30.3 Å². The van der Waals surface area contributed by atoms with Crippen LogP contribution in [0.25, 0.3) is 0 Å². The van der Waals surface area contributed by atoms with E-state index >= 15 is 0 Å². The second-order valence-corrected chi connectivity index (χ2v) is 11.3. The summed E-state index contributed by atoms with van der Waals surface area (Å²) in [5.41, 5.74) is 1.55. The fraction of sp³-hybridized carbons (Fsp3) is 0.214. The molecule has 1 aliphatic heterocycles. The van der Waals surface area contributed by atoms with Crippen LogP contribution in [0, 0.1) is 6.92 Å². The number of carbonyl (C=O) groups is 1. The Morgan fingerprint density at radius 3 is 2.33 bits per heavy atom. The minimum absolute atomic E-state index is 0.00146. The molecule has 7 nitrogen and oxygen atoms in total. The van der Waals surface area contributed by atoms with Gasteiger partial charge in [-0.2, -0.15) is 18.3 Å². The minimum Gasteiger partial charge on any atom is -0.406 e. The quantitative estimate of drug-likeness (QED) is 0.145. The molecule has 1 aliphatic rings. The summed E-state index contributed by atoms with van der Waals surface area (Å²) in [7, 11) is 0.780. The molecule has 0 spiro atoms. The fourth-order valence-electron chi connectivity index (χ4n) is 4.40. The topological polar surface area (TPSA) is 72.3 Å². The van der Waals surface area contributed by atoms with E-state index in [0.717, 1.165) is 11.8 Å². The van der Waals surface area contributed by atoms with Crippen LogP contribution in [0.15, 0.2) is 65.6 Å². The van der Waals surface area contributed by atoms with Crippen LogP contribution in [-0.4, -0.2) is 32.3 Å². The first kappa shape index (κ1) is 29.2. The molecule has 0 aliphatic carbocycles. The first-order chi connectivity index (χ1) is 19.7. The Labute approximate surface area is 238 Å². The van der Waals surface area contributed by atoms with Gasteiger partial charge < -0.3 is 14.4 Å². The normalized spacial score (nSPS) is 14.1. The highest BCUT2D eigenvalue weighted by Gasteiger charge is 2.34. The number of aryl methyl sites for hydroxylation is 2. The molecule has 0 saturated heterocycles. The molecule has 1 atom stereocenters. The summed E-state index contributed by atoms with van der Waals surface area (Å²) in [5.74, 6) is -0.743. The van der Waals surface area contributed by atoms with Gasteiger partial charge in [0.2, 0.25) is 5.78 Å². The van der Waals surface area contributed by atoms with E-state index in [1.54, 1.807) is 49.8 Å². The van der Waals surface area contributed by atoms with Gasteiger partial charge in [0.25, 0.3) is 0 Å². The van der Waals surface area contributed by atoms with E-state index in [1.807, 2.05) is 9.67 Å². The van der Waals surface area contributed by atoms with Crippen LogP contribution < -0.4 is 14.4 Å². The first-order valence-corrected chi connectivity index (χ1v) is 13.7. The monoisotopic (exact) mass is 607 g/mol. The third-order valence-electron chi connectivity index (χ3n) is 6.47. The maximum Gasteiger partial charge on any atom is 0.573 e. The van der Waals surface area contributed by atoms with Crippen molar-refractivity contribution in [3.8, 4) is 5.75 Å². The smallest absolute Gasteiger partial charge is 0.406 e. The Hall–Kier alpha value is -4.33. The summed E-state index contributed by atoms with van der Waals surface area (Å²) in [6.45, 7) is 3.65. The predicted molar refractivity (Wildman–Crippen MR) is 147 cm³/mol. The van der Waals surface area contributed by atoms with E-state index in [2.05, 4.69) is 20.1 Å². The molecule has 0 bridgehead atoms. The Morgan fingerprint density at radius 1 is 1.02 bits per heavy atom. The van der Waals surface area contributed by atoms with Crippen molar-refractivity contribution in [2.75, 3.05) is 9.62 Å². The SMILES string of the molecule is C/C=S(\c1ccc(OC(F)(F)F)cc1)N1Cc2ccc(C(F)(F)F)nc2Nc2ccc(C(=O)c3cc(C)n(C)n3)cc21. The number of ether oxygens (including phenoxy) is 1. The number of carbonyl (C=O) groups excluding carboxylic acids is 1. The number of fused-ring (bicyclic) bond motifs is 2. The molecule has 0 saturated carbocycles. The molecule has 2 aromatic carbocycles. The average Bonchev–Trinajstić information content (AvgIpc) is 3.17. The van der Waals surface area contributed by atoms with Gasteiger partial charge in [-0.15, -0.1) is 13.2 Å². The maximum absolute atomic E-state index is 13.5. The summed E-state index contributed by atoms with van der Waals surface area (Å²) in [6, 6.07) is 14.0. The zero-order valence-corrected chi connectivity index (χ0v) is 23.2. The van der Waals surface area contributed by atoms with Gasteiger partial charge in [0.05, 0.1) is 17.9 Å². The molecule has 1 unspecified atom stereocenters. The van der Waals surface area contributed by atoms with Gasteiger partial charge in [-0.25, -0.2) is 4.98 Å². The molecular weight excluding hydrogens is 584 g/mol. The van der Waals surface area contributed by atoms with Crippen LogP contribution in [0.4, 0.5) is 43.5 Å². The minimum atomic E-state index is -4.85. The summed E-state index contributed by atoms with van der Waals surface area (Å²) in [4.78, 5) is 17.8. The van der Waals surface area contributed by atoms with Crippen molar-refractivity contribution in [2.24, 2.45) is 7.05 Å². The molecule has 4 aromatic rings. The van der Waals surface area contributed by atoms with Gasteiger partial charge in [-0.3, -0.25) is 9.48 Å². The number of pyridine rings is 1. The molecule has 42 heavy (non-hydrogen) atoms. The predicted octanol–water partition coefficient (Wildman–Crippen LogP) is 7.40. The third-order valence-corrected chi connectivity index (χ3v) is 8.47. The van der Waals surface area contributed by atoms with Crippen molar-refractivity contribution in [1.29, 1.82) is 0 Å². The van der Waals surface area contributed by atoms with Gasteiger partial charge in [0.1, 0.15) is 23.0 Å². The molecule has 2 aromatic heterocycles. The maximum atomic E-state index is 13.5. The van der Waals surface area contributed by atoms with E-state index in [-0.39, 0.29) is 23.8 Å². The highest BCUT2D eigenvalue weighted by atomic mass is 32.2. The van der Waals surface area contributed by atoms with Crippen molar-refractivity contribution < 1.29 is 35.9 Å². The lowest BCUT2D eigenvalue weighted by Crippen LogP contribution is -2.18. The fourth-order valence-corrected chi connectivity index (χ4v) is 6.24. The van der Waals surface area contributed by atoms with Crippen molar-refractivity contribution >= 4 is 39.0 Å². The number of anilines is 3. The second kappa shape index (κ2) is 10.8. The van der Waals surface area contributed by atoms with Crippen molar-refractivity contribution in [2.45, 2.75) is 37.8 Å². The summed E-state index contributed by atoms with van der Waals surface area (Å²) in [5, 5.41) is 9.07. The number of nitrogens with zero attached hydrogens (tertiary/aromatic N) is 4. The highest BCUT2D eigenvalue weighted by molar-refractivity contribution is 8.16. The van der Waals surface area contributed by atoms with Crippen molar-refractivity contribution in [3.05, 3.63) is 88.9 Å². The number of hydrogen-bond donors (Lipinski definition) is 1. The number of ketones is 1. The Bertz CT molecular complexity index is 1680. The molecule has 14 heteroatoms. The Morgan fingerprint density at radius 2 is 1.74 bits per heavy atom. The van der Waals surface area contributed by atoms with Crippen LogP contribution in [0.1, 0.15) is 39.9 Å². The van der Waals surface area contributed by atoms with Gasteiger partial charge in [-0.05, 0) is 73.8 Å². The first-order valence-electron chi connectivity index (χ1n) is 12.4. The van der Waals surface area contributed by atoms with Gasteiger partial charge in [-0.1, -0.05) is 16.7 Å². The molecule has 0 fully saturated rings. The van der Waals surface area contributed by atoms with Gasteiger partial charge in [0.15, 0.2) is 0 Å². The Balaban J connectivity index is 1.62. The lowest BCUT2D eigenvalue weighted by atomic mass is 10.1. The molecular formula is C28H23F6N5O2S. The molecule has 0 radical (unpaired) electrons. The number of hydrogen-bond acceptors (Lipinski definition) is 6. The number of rotatable bonds is 5. The zero-order chi connectivity index (χ0) is 30.4. The number of benzene rings is 2. The number of alkyl halides is 6. The van der Waals surface area contributed by atoms with E-state index in [4.69, 9.17) is 0 Å². The highest BCUT2D eigenvalue weighted by Crippen LogP contribution is 2.45. The van der Waals surface area contributed by atoms with Crippen LogP contribution in [0.2, 0.25) is 0 Å². The molecule has 220 valence electrons. The lowest BCUT2D eigenvalue weighted by Gasteiger charge is -2.29. The lowest BCUT2D eigenvalue weighted by molar-refractivity contribution is -0.274. The van der Waals surface area contributed by atoms with Crippen molar-refractivity contribution in [3.63, 3.8) is 0 Å². The Kier molecular flexibility index (Phi) is 7.51. The summed E-state index contributed by atoms with van der Waals surface area (Å²) >= 11 is 0. The summed E-state index contributed by atoms with van der Waals surface area (Å²) < 4.78 is 86.0. The summed E-state index contributed by atoms with van der Waals surface area (Å²) in [6.07, 6.45) is -9.51. The van der Waals surface area contributed by atoms with Gasteiger partial charge >= 0.3 is 12.5 Å². The van der Waals surface area contributed by atoms with Crippen LogP contribution in [0.5, 0.6) is 5.75 Å². The van der Waals surface area contributed by atoms with E-state index < -0.39 is 34.7 Å². The van der Waals surface area contributed by atoms with Crippen LogP contribution >= 0.6 is 10.7 Å². The molecule has 1 N–H and O–H groups in total. The van der Waals surface area contributed by atoms with Crippen molar-refractivity contribution in [1.82, 2.24) is 14.8 Å². The average molecular weight is 608 g/mol. The molecule has 5 rings (SSSR count). The van der Waals surface area contributed by atoms with Crippen LogP contribution in [0.3, 0.4) is 0 Å². The third kappa shape index (κ3) is 5.98. The van der Waals surface area contributed by atoms with Gasteiger partial charge in [0, 0.05) is 28.8 Å². The zero-order valence-electron chi connectivity index (χ0n) is 22.3. The number of nitrogens with one attached hydrogen (secondary N) is 1. The standard InChI is InChI=1S/C28H23F6N5O2S/c1-4-42(20-9-7-19(8-10-20)41-28(32,33)34)39-15-18-6-12-24(27(29,30)31)36-26(18)35-21-11-5-17(14-23(21)39)25(40)22-13-16(2)38(3)37-22/h4-14H,15H2,1-3H3,(H,35,36). The molecule has 0 amide bonds. The number of aromatic nitrogens is 3. The largest absolute Gasteiger partial charge is 0.573 e. The van der Waals surface area contributed by atoms with E-state index in [9.17, 15) is 31.1 Å². The number of halogens is 6. The van der Waals surface area contributed by atoms with E-state index in [0.29, 0.717) is 27.4 Å².